The lowest BCUT2D eigenvalue weighted by atomic mass is 9.96. The molecule has 0 aliphatic carbocycles. The summed E-state index contributed by atoms with van der Waals surface area (Å²) >= 11 is 0. The lowest BCUT2D eigenvalue weighted by molar-refractivity contribution is -0.120. The average molecular weight is 370 g/mol. The van der Waals surface area contributed by atoms with Crippen molar-refractivity contribution in [3.63, 3.8) is 0 Å². The van der Waals surface area contributed by atoms with Crippen molar-refractivity contribution >= 4 is 17.5 Å². The predicted octanol–water partition coefficient (Wildman–Crippen LogP) is 2.97. The Kier molecular flexibility index (Phi) is 5.78. The summed E-state index contributed by atoms with van der Waals surface area (Å²) in [6.45, 7) is 5.47. The predicted molar refractivity (Wildman–Crippen MR) is 105 cm³/mol. The number of carbonyl (C=O) groups is 1. The van der Waals surface area contributed by atoms with Gasteiger partial charge in [-0.2, -0.15) is 0 Å². The maximum atomic E-state index is 12.7. The molecule has 2 aromatic rings. The first-order valence-electron chi connectivity index (χ1n) is 9.10. The van der Waals surface area contributed by atoms with Crippen LogP contribution < -0.4 is 19.7 Å². The molecule has 1 amide bonds. The average Bonchev–Trinajstić information content (AvgIpc) is 2.67. The van der Waals surface area contributed by atoms with E-state index in [0.29, 0.717) is 17.2 Å². The monoisotopic (exact) mass is 370 g/mol. The second-order valence-corrected chi connectivity index (χ2v) is 6.77. The molecule has 7 heteroatoms. The highest BCUT2D eigenvalue weighted by Crippen LogP contribution is 2.30. The highest BCUT2D eigenvalue weighted by atomic mass is 16.5. The fourth-order valence-corrected chi connectivity index (χ4v) is 3.33. The van der Waals surface area contributed by atoms with E-state index in [1.54, 1.807) is 32.4 Å². The first-order valence-corrected chi connectivity index (χ1v) is 9.10. The van der Waals surface area contributed by atoms with Gasteiger partial charge in [-0.05, 0) is 44.9 Å². The van der Waals surface area contributed by atoms with Crippen LogP contribution in [0.5, 0.6) is 11.5 Å². The van der Waals surface area contributed by atoms with Crippen LogP contribution in [0.25, 0.3) is 0 Å². The third kappa shape index (κ3) is 4.48. The van der Waals surface area contributed by atoms with Crippen molar-refractivity contribution in [3.8, 4) is 11.5 Å². The Balaban J connectivity index is 1.62. The fraction of sp³-hybridized carbons (Fsp3) is 0.450. The van der Waals surface area contributed by atoms with Crippen molar-refractivity contribution in [2.24, 2.45) is 5.92 Å². The Morgan fingerprint density at radius 2 is 1.74 bits per heavy atom. The van der Waals surface area contributed by atoms with Crippen LogP contribution in [-0.4, -0.2) is 43.2 Å². The van der Waals surface area contributed by atoms with Gasteiger partial charge in [0.15, 0.2) is 0 Å². The molecule has 1 aliphatic heterocycles. The zero-order valence-corrected chi connectivity index (χ0v) is 16.3. The number of benzene rings is 1. The minimum Gasteiger partial charge on any atom is -0.497 e. The highest BCUT2D eigenvalue weighted by molar-refractivity contribution is 5.94. The van der Waals surface area contributed by atoms with Crippen molar-refractivity contribution in [2.75, 3.05) is 37.5 Å². The summed E-state index contributed by atoms with van der Waals surface area (Å²) in [5.41, 5.74) is 2.58. The van der Waals surface area contributed by atoms with Crippen LogP contribution >= 0.6 is 0 Å². The molecule has 0 atom stereocenters. The van der Waals surface area contributed by atoms with E-state index >= 15 is 0 Å². The van der Waals surface area contributed by atoms with Gasteiger partial charge < -0.3 is 19.7 Å². The number of ether oxygens (including phenoxy) is 2. The van der Waals surface area contributed by atoms with Crippen molar-refractivity contribution < 1.29 is 14.3 Å². The first kappa shape index (κ1) is 18.9. The molecule has 1 aliphatic rings. The fourth-order valence-electron chi connectivity index (χ4n) is 3.33. The number of nitrogens with one attached hydrogen (secondary N) is 1. The minimum atomic E-state index is -0.0426. The molecule has 1 aromatic carbocycles. The number of amides is 1. The SMILES string of the molecule is COc1ccc(NC(=O)C2CCN(c3nc(C)cc(C)n3)CC2)c(OC)c1. The van der Waals surface area contributed by atoms with Gasteiger partial charge in [0.05, 0.1) is 19.9 Å². The summed E-state index contributed by atoms with van der Waals surface area (Å²) in [6, 6.07) is 7.33. The number of anilines is 2. The summed E-state index contributed by atoms with van der Waals surface area (Å²) in [6.07, 6.45) is 1.53. The lowest BCUT2D eigenvalue weighted by Crippen LogP contribution is -2.39. The standard InChI is InChI=1S/C20H26N4O3/c1-13-11-14(2)22-20(21-13)24-9-7-15(8-10-24)19(25)23-17-6-5-16(26-3)12-18(17)27-4/h5-6,11-12,15H,7-10H2,1-4H3,(H,23,25). The molecular weight excluding hydrogens is 344 g/mol. The molecule has 1 aromatic heterocycles. The number of nitrogens with zero attached hydrogens (tertiary/aromatic N) is 3. The van der Waals surface area contributed by atoms with E-state index in [2.05, 4.69) is 20.2 Å². The summed E-state index contributed by atoms with van der Waals surface area (Å²) in [4.78, 5) is 23.9. The van der Waals surface area contributed by atoms with Gasteiger partial charge in [-0.3, -0.25) is 4.79 Å². The Labute approximate surface area is 159 Å². The number of carbonyl (C=O) groups excluding carboxylic acids is 1. The number of aromatic nitrogens is 2. The van der Waals surface area contributed by atoms with Crippen molar-refractivity contribution in [1.82, 2.24) is 9.97 Å². The van der Waals surface area contributed by atoms with Gasteiger partial charge in [0.1, 0.15) is 11.5 Å². The zero-order chi connectivity index (χ0) is 19.4. The molecular formula is C20H26N4O3. The molecule has 3 rings (SSSR count). The van der Waals surface area contributed by atoms with Crippen LogP contribution in [0.15, 0.2) is 24.3 Å². The van der Waals surface area contributed by atoms with E-state index < -0.39 is 0 Å². The van der Waals surface area contributed by atoms with Gasteiger partial charge in [-0.25, -0.2) is 9.97 Å². The molecule has 7 nitrogen and oxygen atoms in total. The van der Waals surface area contributed by atoms with E-state index in [0.717, 1.165) is 43.3 Å². The van der Waals surface area contributed by atoms with Gasteiger partial charge in [-0.1, -0.05) is 0 Å². The Hall–Kier alpha value is -2.83. The second kappa shape index (κ2) is 8.24. The number of methoxy groups -OCH3 is 2. The molecule has 1 N–H and O–H groups in total. The topological polar surface area (TPSA) is 76.6 Å². The Morgan fingerprint density at radius 3 is 2.33 bits per heavy atom. The molecule has 1 fully saturated rings. The van der Waals surface area contributed by atoms with Crippen LogP contribution in [0.1, 0.15) is 24.2 Å². The van der Waals surface area contributed by atoms with E-state index in [1.807, 2.05) is 19.9 Å². The summed E-state index contributed by atoms with van der Waals surface area (Å²) < 4.78 is 10.5. The van der Waals surface area contributed by atoms with E-state index in [9.17, 15) is 4.79 Å². The second-order valence-electron chi connectivity index (χ2n) is 6.77. The van der Waals surface area contributed by atoms with Crippen LogP contribution in [0.4, 0.5) is 11.6 Å². The van der Waals surface area contributed by atoms with Crippen LogP contribution in [0.2, 0.25) is 0 Å². The van der Waals surface area contributed by atoms with Gasteiger partial charge >= 0.3 is 0 Å². The summed E-state index contributed by atoms with van der Waals surface area (Å²) in [7, 11) is 3.17. The maximum absolute atomic E-state index is 12.7. The Morgan fingerprint density at radius 1 is 1.07 bits per heavy atom. The number of aryl methyl sites for hydroxylation is 2. The molecule has 0 saturated carbocycles. The number of hydrogen-bond donors (Lipinski definition) is 1. The van der Waals surface area contributed by atoms with Gasteiger partial charge in [0.2, 0.25) is 11.9 Å². The molecule has 144 valence electrons. The van der Waals surface area contributed by atoms with Gasteiger partial charge in [0, 0.05) is 36.5 Å². The van der Waals surface area contributed by atoms with Crippen LogP contribution in [0.3, 0.4) is 0 Å². The normalized spacial score (nSPS) is 14.7. The van der Waals surface area contributed by atoms with E-state index in [-0.39, 0.29) is 11.8 Å². The Bertz CT molecular complexity index is 797. The zero-order valence-electron chi connectivity index (χ0n) is 16.3. The quantitative estimate of drug-likeness (QED) is 0.872. The maximum Gasteiger partial charge on any atom is 0.227 e. The van der Waals surface area contributed by atoms with Gasteiger partial charge in [0.25, 0.3) is 0 Å². The molecule has 2 heterocycles. The molecule has 0 spiro atoms. The molecule has 0 unspecified atom stereocenters. The van der Waals surface area contributed by atoms with Crippen molar-refractivity contribution in [2.45, 2.75) is 26.7 Å². The molecule has 1 saturated heterocycles. The highest BCUT2D eigenvalue weighted by Gasteiger charge is 2.27. The minimum absolute atomic E-state index is 0.0134. The van der Waals surface area contributed by atoms with Crippen molar-refractivity contribution in [1.29, 1.82) is 0 Å². The molecule has 0 bridgehead atoms. The largest absolute Gasteiger partial charge is 0.497 e. The molecule has 0 radical (unpaired) electrons. The third-order valence-corrected chi connectivity index (χ3v) is 4.79. The number of piperidine rings is 1. The third-order valence-electron chi connectivity index (χ3n) is 4.79. The van der Waals surface area contributed by atoms with E-state index in [4.69, 9.17) is 9.47 Å². The van der Waals surface area contributed by atoms with Crippen LogP contribution in [0, 0.1) is 19.8 Å². The summed E-state index contributed by atoms with van der Waals surface area (Å²) in [5, 5.41) is 2.99. The smallest absolute Gasteiger partial charge is 0.227 e. The summed E-state index contributed by atoms with van der Waals surface area (Å²) in [5.74, 6) is 2.00. The van der Waals surface area contributed by atoms with Gasteiger partial charge in [-0.15, -0.1) is 0 Å². The van der Waals surface area contributed by atoms with Crippen LogP contribution in [-0.2, 0) is 4.79 Å². The van der Waals surface area contributed by atoms with E-state index in [1.165, 1.54) is 0 Å². The molecule has 27 heavy (non-hydrogen) atoms. The number of hydrogen-bond acceptors (Lipinski definition) is 6. The lowest BCUT2D eigenvalue weighted by Gasteiger charge is -2.31. The first-order chi connectivity index (χ1) is 13.0. The van der Waals surface area contributed by atoms with Crippen molar-refractivity contribution in [3.05, 3.63) is 35.7 Å². The number of rotatable bonds is 5.